The summed E-state index contributed by atoms with van der Waals surface area (Å²) in [7, 11) is 0. The molecule has 14 heavy (non-hydrogen) atoms. The van der Waals surface area contributed by atoms with E-state index in [1.54, 1.807) is 12.1 Å². The van der Waals surface area contributed by atoms with Crippen LogP contribution in [-0.2, 0) is 6.14 Å². The molecule has 1 aromatic heterocycles. The molecule has 0 N–H and O–H groups in total. The molecule has 0 unspecified atom stereocenters. The third-order valence-corrected chi connectivity index (χ3v) is 3.27. The van der Waals surface area contributed by atoms with E-state index in [1.807, 2.05) is 6.92 Å². The van der Waals surface area contributed by atoms with E-state index in [9.17, 15) is 6.14 Å². The third-order valence-electron chi connectivity index (χ3n) is 1.63. The Hall–Kier alpha value is -0.720. The highest BCUT2D eigenvalue weighted by Crippen LogP contribution is 2.25. The number of pyridine rings is 1. The number of halogens is 1. The fraction of sp³-hybridized carbons (Fsp3) is 0.444. The van der Waals surface area contributed by atoms with Gasteiger partial charge in [-0.2, -0.15) is 0 Å². The summed E-state index contributed by atoms with van der Waals surface area (Å²) in [5.41, 5.74) is 0. The fourth-order valence-corrected chi connectivity index (χ4v) is 2.08. The van der Waals surface area contributed by atoms with Crippen LogP contribution < -0.4 is 4.74 Å². The molecule has 5 heteroatoms. The van der Waals surface area contributed by atoms with Crippen LogP contribution in [0.4, 0.5) is 0 Å². The van der Waals surface area contributed by atoms with Gasteiger partial charge in [0.25, 0.3) is 0 Å². The van der Waals surface area contributed by atoms with Gasteiger partial charge < -0.3 is 4.74 Å². The summed E-state index contributed by atoms with van der Waals surface area (Å²) in [4.78, 5) is 3.78. The molecule has 0 fully saturated rings. The quantitative estimate of drug-likeness (QED) is 0.477. The summed E-state index contributed by atoms with van der Waals surface area (Å²) in [6.45, 7) is 2.59. The molecule has 1 rings (SSSR count). The van der Waals surface area contributed by atoms with Crippen molar-refractivity contribution in [2.75, 3.05) is 6.61 Å². The minimum Gasteiger partial charge on any atom is -0.491 e. The van der Waals surface area contributed by atoms with Crippen molar-refractivity contribution in [1.82, 2.24) is 4.98 Å². The minimum atomic E-state index is -3.52. The molecule has 0 aliphatic heterocycles. The van der Waals surface area contributed by atoms with Crippen LogP contribution in [0, 0.1) is 3.70 Å². The molecule has 1 heterocycles. The number of hydrogen-bond acceptors (Lipinski definition) is 4. The molecule has 0 spiro atoms. The second kappa shape index (κ2) is 5.90. The van der Waals surface area contributed by atoms with Gasteiger partial charge in [0.15, 0.2) is 5.75 Å². The van der Waals surface area contributed by atoms with E-state index in [0.717, 1.165) is 12.8 Å². The van der Waals surface area contributed by atoms with Crippen molar-refractivity contribution in [3.8, 4) is 5.75 Å². The molecule has 0 amide bonds. The predicted molar refractivity (Wildman–Crippen MR) is 58.7 cm³/mol. The molecule has 0 bridgehead atoms. The molecule has 0 saturated carbocycles. The van der Waals surface area contributed by atoms with Crippen molar-refractivity contribution in [3.63, 3.8) is 0 Å². The van der Waals surface area contributed by atoms with Crippen molar-refractivity contribution in [2.24, 2.45) is 0 Å². The van der Waals surface area contributed by atoms with E-state index >= 15 is 0 Å². The molecule has 4 nitrogen and oxygen atoms in total. The van der Waals surface area contributed by atoms with E-state index in [-0.39, 0.29) is 3.70 Å². The van der Waals surface area contributed by atoms with Crippen molar-refractivity contribution >= 4 is 19.8 Å². The largest absolute Gasteiger partial charge is 0.491 e. The normalized spacial score (nSPS) is 10.4. The van der Waals surface area contributed by atoms with Gasteiger partial charge >= 0.3 is 19.8 Å². The lowest BCUT2D eigenvalue weighted by atomic mass is 10.4. The van der Waals surface area contributed by atoms with Gasteiger partial charge in [-0.25, -0.2) is 11.1 Å². The van der Waals surface area contributed by atoms with Gasteiger partial charge in [-0.05, 0) is 18.6 Å². The maximum atomic E-state index is 10.8. The van der Waals surface area contributed by atoms with E-state index in [2.05, 4.69) is 4.98 Å². The number of rotatable bonds is 5. The van der Waals surface area contributed by atoms with E-state index in [0.29, 0.717) is 12.4 Å². The van der Waals surface area contributed by atoms with Gasteiger partial charge in [0.2, 0.25) is 3.70 Å². The average Bonchev–Trinajstić information content (AvgIpc) is 2.19. The zero-order chi connectivity index (χ0) is 10.4. The summed E-state index contributed by atoms with van der Waals surface area (Å²) in [5, 5.41) is 0. The van der Waals surface area contributed by atoms with E-state index < -0.39 is 19.8 Å². The van der Waals surface area contributed by atoms with Crippen molar-refractivity contribution in [2.45, 2.75) is 19.8 Å². The van der Waals surface area contributed by atoms with Crippen molar-refractivity contribution in [3.05, 3.63) is 22.0 Å². The molecule has 0 atom stereocenters. The van der Waals surface area contributed by atoms with Gasteiger partial charge in [0.1, 0.15) is 0 Å². The van der Waals surface area contributed by atoms with Crippen LogP contribution in [0.3, 0.4) is 0 Å². The molecule has 0 radical (unpaired) electrons. The highest BCUT2D eigenvalue weighted by molar-refractivity contribution is 14.2. The van der Waals surface area contributed by atoms with Gasteiger partial charge in [0.05, 0.1) is 6.61 Å². The Morgan fingerprint density at radius 2 is 2.29 bits per heavy atom. The lowest BCUT2D eigenvalue weighted by Gasteiger charge is -2.04. The van der Waals surface area contributed by atoms with Gasteiger partial charge in [0, 0.05) is 6.20 Å². The molecule has 0 saturated heterocycles. The Morgan fingerprint density at radius 3 is 2.93 bits per heavy atom. The highest BCUT2D eigenvalue weighted by atomic mass is 127. The Kier molecular flexibility index (Phi) is 4.78. The molecule has 1 aromatic rings. The second-order valence-electron chi connectivity index (χ2n) is 2.71. The van der Waals surface area contributed by atoms with E-state index in [1.165, 1.54) is 6.20 Å². The first-order valence-corrected chi connectivity index (χ1v) is 7.22. The first-order valence-electron chi connectivity index (χ1n) is 4.38. The first kappa shape index (κ1) is 11.4. The first-order chi connectivity index (χ1) is 6.75. The Labute approximate surface area is 89.8 Å². The Bertz CT molecular complexity index is 355. The van der Waals surface area contributed by atoms with Crippen LogP contribution in [0.1, 0.15) is 19.8 Å². The Balaban J connectivity index is 2.74. The number of hydrogen-bond donors (Lipinski definition) is 0. The fourth-order valence-electron chi connectivity index (χ4n) is 0.921. The van der Waals surface area contributed by atoms with Crippen LogP contribution in [0.25, 0.3) is 0 Å². The van der Waals surface area contributed by atoms with Crippen LogP contribution >= 0.6 is 19.8 Å². The topological polar surface area (TPSA) is 56.3 Å². The summed E-state index contributed by atoms with van der Waals surface area (Å²) in [5.74, 6) is 0.385. The van der Waals surface area contributed by atoms with Gasteiger partial charge in [-0.15, -0.1) is 0 Å². The average molecular weight is 309 g/mol. The number of unbranched alkanes of at least 4 members (excludes halogenated alkanes) is 1. The maximum absolute atomic E-state index is 10.8. The zero-order valence-electron chi connectivity index (χ0n) is 7.90. The predicted octanol–water partition coefficient (Wildman–Crippen LogP) is 2.63. The Morgan fingerprint density at radius 1 is 1.50 bits per heavy atom. The van der Waals surface area contributed by atoms with Crippen molar-refractivity contribution < 1.29 is 10.9 Å². The maximum Gasteiger partial charge on any atom is 0.363 e. The monoisotopic (exact) mass is 309 g/mol. The number of ether oxygens (including phenoxy) is 1. The van der Waals surface area contributed by atoms with Crippen LogP contribution in [0.15, 0.2) is 18.3 Å². The summed E-state index contributed by atoms with van der Waals surface area (Å²) in [6, 6.07) is 3.31. The van der Waals surface area contributed by atoms with Crippen LogP contribution in [-0.4, -0.2) is 11.6 Å². The second-order valence-corrected chi connectivity index (χ2v) is 4.97. The number of nitrogens with zero attached hydrogens (tertiary/aromatic N) is 1. The lowest BCUT2D eigenvalue weighted by molar-refractivity contribution is 0.305. The molecule has 0 aliphatic carbocycles. The van der Waals surface area contributed by atoms with Gasteiger partial charge in [-0.1, -0.05) is 13.3 Å². The summed E-state index contributed by atoms with van der Waals surface area (Å²) in [6.07, 6.45) is 3.40. The molecule has 0 aromatic carbocycles. The lowest BCUT2D eigenvalue weighted by Crippen LogP contribution is -1.99. The summed E-state index contributed by atoms with van der Waals surface area (Å²) < 4.78 is 27.1. The smallest absolute Gasteiger partial charge is 0.363 e. The SMILES string of the molecule is CCCCOc1cccnc1I(=O)=O. The minimum absolute atomic E-state index is 0.104. The standard InChI is InChI=1S/C9H12INO3/c1-2-3-7-14-8-5-4-6-11-9(8)10(12)13/h4-6H,2-3,7H2,1H3. The van der Waals surface area contributed by atoms with Crippen LogP contribution in [0.2, 0.25) is 0 Å². The molecule has 0 aliphatic rings. The number of aromatic nitrogens is 1. The van der Waals surface area contributed by atoms with Gasteiger partial charge in [-0.3, -0.25) is 0 Å². The highest BCUT2D eigenvalue weighted by Gasteiger charge is 2.08. The van der Waals surface area contributed by atoms with Crippen LogP contribution in [0.5, 0.6) is 5.75 Å². The van der Waals surface area contributed by atoms with E-state index in [4.69, 9.17) is 4.74 Å². The molecular formula is C9H12INO3. The molecular weight excluding hydrogens is 297 g/mol. The third kappa shape index (κ3) is 3.21. The zero-order valence-corrected chi connectivity index (χ0v) is 10.1. The summed E-state index contributed by atoms with van der Waals surface area (Å²) >= 11 is -3.52. The van der Waals surface area contributed by atoms with Crippen molar-refractivity contribution in [1.29, 1.82) is 0 Å². The molecule has 78 valence electrons.